The smallest absolute Gasteiger partial charge is 0.408 e. The molecule has 0 saturated carbocycles. The van der Waals surface area contributed by atoms with Crippen molar-refractivity contribution in [3.05, 3.63) is 75.8 Å². The number of nitrogens with one attached hydrogen (secondary N) is 2. The molecule has 0 radical (unpaired) electrons. The molecule has 0 saturated heterocycles. The molecule has 10 nitrogen and oxygen atoms in total. The second-order valence-electron chi connectivity index (χ2n) is 5.52. The van der Waals surface area contributed by atoms with Gasteiger partial charge in [-0.25, -0.2) is 10.2 Å². The van der Waals surface area contributed by atoms with E-state index < -0.39 is 29.6 Å². The Morgan fingerprint density at radius 1 is 1.18 bits per heavy atom. The summed E-state index contributed by atoms with van der Waals surface area (Å²) >= 11 is 0. The minimum atomic E-state index is -1.25. The van der Waals surface area contributed by atoms with Gasteiger partial charge in [-0.15, -0.1) is 0 Å². The summed E-state index contributed by atoms with van der Waals surface area (Å²) < 4.78 is 4.98. The zero-order valence-corrected chi connectivity index (χ0v) is 14.6. The van der Waals surface area contributed by atoms with Gasteiger partial charge in [-0.3, -0.25) is 14.9 Å². The van der Waals surface area contributed by atoms with Gasteiger partial charge in [0.05, 0.1) is 17.7 Å². The topological polar surface area (TPSA) is 143 Å². The van der Waals surface area contributed by atoms with Crippen LogP contribution in [0.5, 0.6) is 0 Å². The van der Waals surface area contributed by atoms with Crippen molar-refractivity contribution in [3.8, 4) is 0 Å². The summed E-state index contributed by atoms with van der Waals surface area (Å²) in [7, 11) is 0. The van der Waals surface area contributed by atoms with Gasteiger partial charge in [0, 0.05) is 12.1 Å². The number of amides is 2. The monoisotopic (exact) mass is 386 g/mol. The molecule has 0 aliphatic heterocycles. The van der Waals surface area contributed by atoms with Gasteiger partial charge < -0.3 is 15.2 Å². The summed E-state index contributed by atoms with van der Waals surface area (Å²) in [6, 6.07) is 13.2. The molecule has 0 unspecified atom stereocenters. The highest BCUT2D eigenvalue weighted by atomic mass is 16.6. The lowest BCUT2D eigenvalue weighted by Gasteiger charge is -2.14. The Hall–Kier alpha value is -3.79. The van der Waals surface area contributed by atoms with Crippen molar-refractivity contribution in [2.45, 2.75) is 12.6 Å². The van der Waals surface area contributed by atoms with Crippen LogP contribution in [0.15, 0.2) is 59.7 Å². The first-order chi connectivity index (χ1) is 13.5. The number of nitro groups is 1. The number of aliphatic hydroxyl groups excluding tert-OH is 1. The summed E-state index contributed by atoms with van der Waals surface area (Å²) in [5.41, 5.74) is 3.38. The molecular formula is C18H18N4O6. The minimum Gasteiger partial charge on any atom is -0.445 e. The Labute approximate surface area is 160 Å². The maximum atomic E-state index is 12.0. The third-order valence-corrected chi connectivity index (χ3v) is 3.50. The molecule has 3 N–H and O–H groups in total. The number of nitrogens with zero attached hydrogens (tertiary/aromatic N) is 2. The molecular weight excluding hydrogens is 368 g/mol. The van der Waals surface area contributed by atoms with Crippen LogP contribution in [0.25, 0.3) is 0 Å². The maximum Gasteiger partial charge on any atom is 0.408 e. The molecule has 0 aliphatic rings. The number of aliphatic hydroxyl groups is 1. The second kappa shape index (κ2) is 10.4. The zero-order chi connectivity index (χ0) is 20.4. The van der Waals surface area contributed by atoms with Gasteiger partial charge in [-0.2, -0.15) is 5.10 Å². The van der Waals surface area contributed by atoms with Gasteiger partial charge in [0.15, 0.2) is 0 Å². The average Bonchev–Trinajstić information content (AvgIpc) is 2.71. The molecule has 28 heavy (non-hydrogen) atoms. The zero-order valence-electron chi connectivity index (χ0n) is 14.6. The van der Waals surface area contributed by atoms with Crippen molar-refractivity contribution in [2.75, 3.05) is 6.61 Å². The van der Waals surface area contributed by atoms with Crippen molar-refractivity contribution in [3.63, 3.8) is 0 Å². The molecule has 0 bridgehead atoms. The number of carbonyl (C=O) groups is 2. The van der Waals surface area contributed by atoms with Crippen LogP contribution in [-0.4, -0.2) is 40.9 Å². The first-order valence-electron chi connectivity index (χ1n) is 8.15. The van der Waals surface area contributed by atoms with E-state index in [2.05, 4.69) is 15.8 Å². The highest BCUT2D eigenvalue weighted by molar-refractivity contribution is 5.87. The molecule has 2 aromatic carbocycles. The number of non-ortho nitro benzene ring substituents is 1. The number of carbonyl (C=O) groups excluding carboxylic acids is 2. The normalized spacial score (nSPS) is 11.6. The van der Waals surface area contributed by atoms with E-state index in [-0.39, 0.29) is 12.3 Å². The SMILES string of the molecule is O=C(N[C@@H](CO)C(=O)N/N=C/c1ccc([N+](=O)[O-])cc1)OCc1ccccc1. The molecule has 10 heteroatoms. The Morgan fingerprint density at radius 3 is 2.46 bits per heavy atom. The fraction of sp³-hybridized carbons (Fsp3) is 0.167. The van der Waals surface area contributed by atoms with E-state index in [1.54, 1.807) is 24.3 Å². The van der Waals surface area contributed by atoms with Crippen LogP contribution >= 0.6 is 0 Å². The molecule has 2 amide bonds. The van der Waals surface area contributed by atoms with E-state index >= 15 is 0 Å². The van der Waals surface area contributed by atoms with Gasteiger partial charge in [-0.1, -0.05) is 30.3 Å². The van der Waals surface area contributed by atoms with E-state index in [9.17, 15) is 24.8 Å². The number of hydrogen-bond acceptors (Lipinski definition) is 7. The molecule has 2 aromatic rings. The third kappa shape index (κ3) is 6.50. The highest BCUT2D eigenvalue weighted by Gasteiger charge is 2.20. The van der Waals surface area contributed by atoms with Crippen LogP contribution in [0.3, 0.4) is 0 Å². The van der Waals surface area contributed by atoms with Gasteiger partial charge in [0.2, 0.25) is 0 Å². The van der Waals surface area contributed by atoms with Crippen molar-refractivity contribution >= 4 is 23.9 Å². The van der Waals surface area contributed by atoms with Crippen molar-refractivity contribution < 1.29 is 24.4 Å². The van der Waals surface area contributed by atoms with Crippen LogP contribution < -0.4 is 10.7 Å². The standard InChI is InChI=1S/C18H18N4O6/c23-11-16(20-18(25)28-12-14-4-2-1-3-5-14)17(24)21-19-10-13-6-8-15(9-7-13)22(26)27/h1-10,16,23H,11-12H2,(H,20,25)(H,21,24)/b19-10+/t16-/m0/s1. The summed E-state index contributed by atoms with van der Waals surface area (Å²) in [5, 5.41) is 25.8. The number of ether oxygens (including phenoxy) is 1. The first-order valence-corrected chi connectivity index (χ1v) is 8.15. The fourth-order valence-electron chi connectivity index (χ4n) is 2.03. The van der Waals surface area contributed by atoms with E-state index in [0.717, 1.165) is 5.56 Å². The molecule has 146 valence electrons. The molecule has 2 rings (SSSR count). The maximum absolute atomic E-state index is 12.0. The van der Waals surface area contributed by atoms with Crippen LogP contribution in [-0.2, 0) is 16.1 Å². The number of benzene rings is 2. The molecule has 1 atom stereocenters. The molecule has 0 spiro atoms. The van der Waals surface area contributed by atoms with Gasteiger partial charge in [0.25, 0.3) is 11.6 Å². The van der Waals surface area contributed by atoms with Gasteiger partial charge in [-0.05, 0) is 23.3 Å². The predicted octanol–water partition coefficient (Wildman–Crippen LogP) is 1.33. The van der Waals surface area contributed by atoms with Crippen LogP contribution in [0.4, 0.5) is 10.5 Å². The summed E-state index contributed by atoms with van der Waals surface area (Å²) in [5.74, 6) is -0.752. The first kappa shape index (κ1) is 20.5. The predicted molar refractivity (Wildman–Crippen MR) is 99.5 cm³/mol. The van der Waals surface area contributed by atoms with Crippen LogP contribution in [0.2, 0.25) is 0 Å². The Balaban J connectivity index is 1.81. The number of hydrazone groups is 1. The lowest BCUT2D eigenvalue weighted by Crippen LogP contribution is -2.47. The van der Waals surface area contributed by atoms with Crippen LogP contribution in [0.1, 0.15) is 11.1 Å². The van der Waals surface area contributed by atoms with Crippen molar-refractivity contribution in [1.29, 1.82) is 0 Å². The van der Waals surface area contributed by atoms with E-state index in [4.69, 9.17) is 4.74 Å². The lowest BCUT2D eigenvalue weighted by atomic mass is 10.2. The number of rotatable bonds is 8. The molecule has 0 fully saturated rings. The number of nitro benzene ring substituents is 1. The summed E-state index contributed by atoms with van der Waals surface area (Å²) in [4.78, 5) is 33.8. The van der Waals surface area contributed by atoms with Crippen molar-refractivity contribution in [2.24, 2.45) is 5.10 Å². The van der Waals surface area contributed by atoms with E-state index in [1.165, 1.54) is 30.5 Å². The Kier molecular flexibility index (Phi) is 7.61. The van der Waals surface area contributed by atoms with Gasteiger partial charge in [0.1, 0.15) is 12.6 Å². The summed E-state index contributed by atoms with van der Waals surface area (Å²) in [6.45, 7) is -0.635. The van der Waals surface area contributed by atoms with Crippen LogP contribution in [0, 0.1) is 10.1 Å². The molecule has 0 aliphatic carbocycles. The van der Waals surface area contributed by atoms with Crippen molar-refractivity contribution in [1.82, 2.24) is 10.7 Å². The van der Waals surface area contributed by atoms with E-state index in [0.29, 0.717) is 5.56 Å². The Bertz CT molecular complexity index is 839. The fourth-order valence-corrected chi connectivity index (χ4v) is 2.03. The van der Waals surface area contributed by atoms with Gasteiger partial charge >= 0.3 is 6.09 Å². The Morgan fingerprint density at radius 2 is 1.86 bits per heavy atom. The quantitative estimate of drug-likeness (QED) is 0.355. The molecule has 0 heterocycles. The summed E-state index contributed by atoms with van der Waals surface area (Å²) in [6.07, 6.45) is 0.404. The third-order valence-electron chi connectivity index (χ3n) is 3.50. The minimum absolute atomic E-state index is 0.0186. The number of alkyl carbamates (subject to hydrolysis) is 1. The second-order valence-corrected chi connectivity index (χ2v) is 5.52. The molecule has 0 aromatic heterocycles. The highest BCUT2D eigenvalue weighted by Crippen LogP contribution is 2.10. The largest absolute Gasteiger partial charge is 0.445 e. The number of hydrogen-bond donors (Lipinski definition) is 3. The average molecular weight is 386 g/mol. The lowest BCUT2D eigenvalue weighted by molar-refractivity contribution is -0.384. The van der Waals surface area contributed by atoms with E-state index in [1.807, 2.05) is 6.07 Å².